The number of aryl methyl sites for hydroxylation is 1. The number of fused-ring (bicyclic) bond motifs is 1. The summed E-state index contributed by atoms with van der Waals surface area (Å²) in [6, 6.07) is 10.0. The average Bonchev–Trinajstić information content (AvgIpc) is 2.84. The Balaban J connectivity index is 2.14. The molecule has 0 fully saturated rings. The summed E-state index contributed by atoms with van der Waals surface area (Å²) >= 11 is 1.73. The van der Waals surface area contributed by atoms with Crippen LogP contribution in [0.2, 0.25) is 0 Å². The minimum Gasteiger partial charge on any atom is -0.320 e. The zero-order chi connectivity index (χ0) is 12.5. The second kappa shape index (κ2) is 4.48. The predicted octanol–water partition coefficient (Wildman–Crippen LogP) is 3.05. The summed E-state index contributed by atoms with van der Waals surface area (Å²) in [5, 5.41) is 0. The van der Waals surface area contributed by atoms with E-state index in [1.807, 2.05) is 18.2 Å². The van der Waals surface area contributed by atoms with Gasteiger partial charge in [0.1, 0.15) is 0 Å². The number of hydrogen-bond acceptors (Lipinski definition) is 4. The number of benzene rings is 1. The Morgan fingerprint density at radius 2 is 1.94 bits per heavy atom. The molecule has 3 aromatic rings. The van der Waals surface area contributed by atoms with E-state index in [1.165, 1.54) is 4.88 Å². The van der Waals surface area contributed by atoms with Crippen molar-refractivity contribution >= 4 is 22.4 Å². The lowest BCUT2D eigenvalue weighted by Crippen LogP contribution is -2.11. The Morgan fingerprint density at radius 1 is 1.11 bits per heavy atom. The van der Waals surface area contributed by atoms with E-state index in [2.05, 4.69) is 29.0 Å². The highest BCUT2D eigenvalue weighted by Gasteiger charge is 2.14. The fourth-order valence-corrected chi connectivity index (χ4v) is 2.94. The Labute approximate surface area is 109 Å². The summed E-state index contributed by atoms with van der Waals surface area (Å²) in [6.45, 7) is 2.09. The molecule has 0 amide bonds. The molecule has 0 aliphatic rings. The first-order chi connectivity index (χ1) is 8.75. The van der Waals surface area contributed by atoms with Crippen LogP contribution in [0, 0.1) is 6.92 Å². The maximum atomic E-state index is 6.34. The number of nitrogens with zero attached hydrogens (tertiary/aromatic N) is 2. The molecule has 3 rings (SSSR count). The van der Waals surface area contributed by atoms with Gasteiger partial charge in [-0.2, -0.15) is 0 Å². The molecule has 1 aromatic carbocycles. The van der Waals surface area contributed by atoms with Gasteiger partial charge in [0.2, 0.25) is 0 Å². The number of aromatic nitrogens is 2. The lowest BCUT2D eigenvalue weighted by molar-refractivity contribution is 0.898. The monoisotopic (exact) mass is 255 g/mol. The van der Waals surface area contributed by atoms with E-state index in [-0.39, 0.29) is 6.04 Å². The van der Waals surface area contributed by atoms with Gasteiger partial charge < -0.3 is 5.73 Å². The maximum Gasteiger partial charge on any atom is 0.0938 e. The zero-order valence-corrected chi connectivity index (χ0v) is 10.8. The summed E-state index contributed by atoms with van der Waals surface area (Å²) in [7, 11) is 0. The number of thiophene rings is 1. The Bertz CT molecular complexity index is 685. The number of rotatable bonds is 2. The molecular formula is C14H13N3S. The minimum absolute atomic E-state index is 0.135. The second-order valence-electron chi connectivity index (χ2n) is 4.20. The van der Waals surface area contributed by atoms with Gasteiger partial charge in [-0.1, -0.05) is 12.1 Å². The Hall–Kier alpha value is -1.78. The molecule has 1 unspecified atom stereocenters. The molecule has 0 saturated carbocycles. The van der Waals surface area contributed by atoms with E-state index in [9.17, 15) is 0 Å². The SMILES string of the molecule is Cc1ccc(C(N)c2cccc3nccnc23)s1. The third kappa shape index (κ3) is 1.89. The standard InChI is InChI=1S/C14H13N3S/c1-9-5-6-12(18-9)13(15)10-3-2-4-11-14(10)17-8-7-16-11/h2-8,13H,15H2,1H3. The molecule has 3 nitrogen and oxygen atoms in total. The topological polar surface area (TPSA) is 51.8 Å². The van der Waals surface area contributed by atoms with Crippen LogP contribution in [0.15, 0.2) is 42.7 Å². The number of nitrogens with two attached hydrogens (primary N) is 1. The van der Waals surface area contributed by atoms with Crippen molar-refractivity contribution in [1.82, 2.24) is 9.97 Å². The predicted molar refractivity (Wildman–Crippen MR) is 74.6 cm³/mol. The second-order valence-corrected chi connectivity index (χ2v) is 5.52. The first-order valence-electron chi connectivity index (χ1n) is 5.77. The van der Waals surface area contributed by atoms with Crippen LogP contribution in [-0.4, -0.2) is 9.97 Å². The van der Waals surface area contributed by atoms with Crippen LogP contribution >= 0.6 is 11.3 Å². The van der Waals surface area contributed by atoms with Gasteiger partial charge >= 0.3 is 0 Å². The van der Waals surface area contributed by atoms with Crippen molar-refractivity contribution in [3.63, 3.8) is 0 Å². The summed E-state index contributed by atoms with van der Waals surface area (Å²) < 4.78 is 0. The van der Waals surface area contributed by atoms with E-state index in [0.717, 1.165) is 21.5 Å². The average molecular weight is 255 g/mol. The highest BCUT2D eigenvalue weighted by Crippen LogP contribution is 2.29. The van der Waals surface area contributed by atoms with Crippen molar-refractivity contribution in [3.8, 4) is 0 Å². The van der Waals surface area contributed by atoms with Crippen molar-refractivity contribution in [2.75, 3.05) is 0 Å². The van der Waals surface area contributed by atoms with E-state index in [1.54, 1.807) is 23.7 Å². The Kier molecular flexibility index (Phi) is 2.81. The summed E-state index contributed by atoms with van der Waals surface area (Å²) in [6.07, 6.45) is 3.41. The van der Waals surface area contributed by atoms with Crippen LogP contribution in [0.5, 0.6) is 0 Å². The van der Waals surface area contributed by atoms with E-state index >= 15 is 0 Å². The zero-order valence-electron chi connectivity index (χ0n) is 10.00. The first-order valence-corrected chi connectivity index (χ1v) is 6.59. The van der Waals surface area contributed by atoms with E-state index in [4.69, 9.17) is 5.73 Å². The maximum absolute atomic E-state index is 6.34. The van der Waals surface area contributed by atoms with Gasteiger partial charge in [0.05, 0.1) is 17.1 Å². The molecule has 0 saturated heterocycles. The number of hydrogen-bond donors (Lipinski definition) is 1. The summed E-state index contributed by atoms with van der Waals surface area (Å²) in [5.74, 6) is 0. The first kappa shape index (κ1) is 11.3. The van der Waals surface area contributed by atoms with Gasteiger partial charge in [-0.15, -0.1) is 11.3 Å². The van der Waals surface area contributed by atoms with Gasteiger partial charge in [-0.25, -0.2) is 0 Å². The quantitative estimate of drug-likeness (QED) is 0.765. The normalized spacial score (nSPS) is 12.8. The highest BCUT2D eigenvalue weighted by molar-refractivity contribution is 7.12. The van der Waals surface area contributed by atoms with Crippen molar-refractivity contribution in [2.24, 2.45) is 5.73 Å². The largest absolute Gasteiger partial charge is 0.320 e. The molecule has 2 aromatic heterocycles. The van der Waals surface area contributed by atoms with Gasteiger partial charge in [0.25, 0.3) is 0 Å². The van der Waals surface area contributed by atoms with Gasteiger partial charge in [-0.3, -0.25) is 9.97 Å². The van der Waals surface area contributed by atoms with Crippen LogP contribution < -0.4 is 5.73 Å². The molecule has 0 bridgehead atoms. The molecule has 0 radical (unpaired) electrons. The molecule has 2 heterocycles. The minimum atomic E-state index is -0.135. The molecule has 0 spiro atoms. The fraction of sp³-hybridized carbons (Fsp3) is 0.143. The molecule has 18 heavy (non-hydrogen) atoms. The summed E-state index contributed by atoms with van der Waals surface area (Å²) in [5.41, 5.74) is 9.14. The molecule has 0 aliphatic heterocycles. The van der Waals surface area contributed by atoms with Gasteiger partial charge in [0.15, 0.2) is 0 Å². The lowest BCUT2D eigenvalue weighted by atomic mass is 10.0. The smallest absolute Gasteiger partial charge is 0.0938 e. The van der Waals surface area contributed by atoms with Gasteiger partial charge in [-0.05, 0) is 25.1 Å². The molecule has 2 N–H and O–H groups in total. The third-order valence-electron chi connectivity index (χ3n) is 2.93. The van der Waals surface area contributed by atoms with E-state index in [0.29, 0.717) is 0 Å². The number of para-hydroxylation sites is 1. The van der Waals surface area contributed by atoms with Crippen LogP contribution in [0.4, 0.5) is 0 Å². The van der Waals surface area contributed by atoms with Crippen LogP contribution in [-0.2, 0) is 0 Å². The van der Waals surface area contributed by atoms with Crippen LogP contribution in [0.3, 0.4) is 0 Å². The van der Waals surface area contributed by atoms with E-state index < -0.39 is 0 Å². The Morgan fingerprint density at radius 3 is 2.72 bits per heavy atom. The molecule has 0 aliphatic carbocycles. The molecule has 4 heteroatoms. The van der Waals surface area contributed by atoms with Crippen molar-refractivity contribution in [2.45, 2.75) is 13.0 Å². The molecule has 90 valence electrons. The fourth-order valence-electron chi connectivity index (χ4n) is 2.04. The highest BCUT2D eigenvalue weighted by atomic mass is 32.1. The van der Waals surface area contributed by atoms with Gasteiger partial charge in [0, 0.05) is 27.7 Å². The van der Waals surface area contributed by atoms with Crippen LogP contribution in [0.1, 0.15) is 21.4 Å². The van der Waals surface area contributed by atoms with Crippen molar-refractivity contribution in [3.05, 3.63) is 58.0 Å². The van der Waals surface area contributed by atoms with Crippen molar-refractivity contribution in [1.29, 1.82) is 0 Å². The third-order valence-corrected chi connectivity index (χ3v) is 4.02. The van der Waals surface area contributed by atoms with Crippen molar-refractivity contribution < 1.29 is 0 Å². The lowest BCUT2D eigenvalue weighted by Gasteiger charge is -2.11. The summed E-state index contributed by atoms with van der Waals surface area (Å²) in [4.78, 5) is 11.1. The van der Waals surface area contributed by atoms with Crippen LogP contribution in [0.25, 0.3) is 11.0 Å². The molecule has 1 atom stereocenters. The molecular weight excluding hydrogens is 242 g/mol.